The van der Waals surface area contributed by atoms with E-state index in [9.17, 15) is 9.59 Å². The maximum absolute atomic E-state index is 13.5. The number of rotatable bonds is 5. The molecule has 1 aromatic heterocycles. The summed E-state index contributed by atoms with van der Waals surface area (Å²) in [5.41, 5.74) is 2.82. The number of para-hydroxylation sites is 1. The predicted molar refractivity (Wildman–Crippen MR) is 135 cm³/mol. The minimum atomic E-state index is -0.252. The number of aromatic nitrogens is 1. The number of carbonyl (C=O) groups is 1. The first kappa shape index (κ1) is 21.4. The zero-order valence-electron chi connectivity index (χ0n) is 19.7. The molecule has 1 atom stereocenters. The van der Waals surface area contributed by atoms with Gasteiger partial charge in [-0.15, -0.1) is 0 Å². The van der Waals surface area contributed by atoms with Gasteiger partial charge in [-0.2, -0.15) is 0 Å². The molecule has 34 heavy (non-hydrogen) atoms. The summed E-state index contributed by atoms with van der Waals surface area (Å²) in [5.74, 6) is 2.22. The highest BCUT2D eigenvalue weighted by atomic mass is 16.2. The fourth-order valence-electron chi connectivity index (χ4n) is 7.47. The number of pyridine rings is 1. The van der Waals surface area contributed by atoms with Gasteiger partial charge in [0.25, 0.3) is 5.91 Å². The van der Waals surface area contributed by atoms with Crippen LogP contribution in [0.4, 0.5) is 0 Å². The molecule has 4 aliphatic carbocycles. The number of carbonyl (C=O) groups excluding carboxylic acids is 1. The first-order valence-electron chi connectivity index (χ1n) is 12.7. The van der Waals surface area contributed by atoms with E-state index in [2.05, 4.69) is 12.2 Å². The van der Waals surface area contributed by atoms with Crippen LogP contribution in [0.2, 0.25) is 0 Å². The van der Waals surface area contributed by atoms with Crippen molar-refractivity contribution in [1.29, 1.82) is 0 Å². The van der Waals surface area contributed by atoms with Gasteiger partial charge < -0.3 is 9.88 Å². The lowest BCUT2D eigenvalue weighted by Gasteiger charge is -2.59. The molecule has 1 N–H and O–H groups in total. The molecule has 4 bridgehead atoms. The van der Waals surface area contributed by atoms with E-state index in [-0.39, 0.29) is 28.4 Å². The van der Waals surface area contributed by atoms with Gasteiger partial charge in [0.15, 0.2) is 5.43 Å². The van der Waals surface area contributed by atoms with Gasteiger partial charge in [-0.3, -0.25) is 9.59 Å². The van der Waals surface area contributed by atoms with E-state index in [1.54, 1.807) is 12.3 Å². The van der Waals surface area contributed by atoms with E-state index in [4.69, 9.17) is 0 Å². The Kier molecular flexibility index (Phi) is 5.20. The Hall–Kier alpha value is -3.14. The molecular weight excluding hydrogens is 420 g/mol. The number of nitrogens with one attached hydrogen (secondary N) is 1. The summed E-state index contributed by atoms with van der Waals surface area (Å²) in [7, 11) is 0. The Balaban J connectivity index is 1.34. The van der Waals surface area contributed by atoms with Crippen LogP contribution >= 0.6 is 0 Å². The summed E-state index contributed by atoms with van der Waals surface area (Å²) >= 11 is 0. The van der Waals surface area contributed by atoms with Gasteiger partial charge in [0, 0.05) is 24.0 Å². The molecule has 4 heteroatoms. The molecule has 7 rings (SSSR count). The average Bonchev–Trinajstić information content (AvgIpc) is 2.84. The molecule has 4 nitrogen and oxygen atoms in total. The first-order chi connectivity index (χ1) is 16.5. The molecule has 4 fully saturated rings. The smallest absolute Gasteiger partial charge is 0.256 e. The highest BCUT2D eigenvalue weighted by molar-refractivity contribution is 5.94. The summed E-state index contributed by atoms with van der Waals surface area (Å²) in [6.07, 6.45) is 9.53. The molecule has 4 saturated carbocycles. The van der Waals surface area contributed by atoms with Crippen LogP contribution in [0.3, 0.4) is 0 Å². The third-order valence-corrected chi connectivity index (χ3v) is 8.75. The Morgan fingerprint density at radius 2 is 1.47 bits per heavy atom. The van der Waals surface area contributed by atoms with Crippen molar-refractivity contribution >= 4 is 5.91 Å². The van der Waals surface area contributed by atoms with Gasteiger partial charge in [0.2, 0.25) is 0 Å². The van der Waals surface area contributed by atoms with Crippen molar-refractivity contribution in [2.75, 3.05) is 0 Å². The van der Waals surface area contributed by atoms with Gasteiger partial charge >= 0.3 is 0 Å². The van der Waals surface area contributed by atoms with Crippen LogP contribution in [0.5, 0.6) is 0 Å². The van der Waals surface area contributed by atoms with E-state index in [0.29, 0.717) is 0 Å². The van der Waals surface area contributed by atoms with Crippen molar-refractivity contribution < 1.29 is 4.79 Å². The lowest BCUT2D eigenvalue weighted by molar-refractivity contribution is -0.0688. The molecule has 0 radical (unpaired) electrons. The van der Waals surface area contributed by atoms with Gasteiger partial charge in [-0.05, 0) is 86.3 Å². The monoisotopic (exact) mass is 452 g/mol. The fourth-order valence-corrected chi connectivity index (χ4v) is 7.47. The zero-order valence-corrected chi connectivity index (χ0v) is 19.7. The Morgan fingerprint density at radius 3 is 2.06 bits per heavy atom. The Bertz CT molecular complexity index is 1230. The number of nitrogens with zero attached hydrogens (tertiary/aromatic N) is 1. The molecule has 0 saturated heterocycles. The quantitative estimate of drug-likeness (QED) is 0.529. The van der Waals surface area contributed by atoms with E-state index in [1.165, 1.54) is 38.5 Å². The van der Waals surface area contributed by atoms with E-state index < -0.39 is 0 Å². The van der Waals surface area contributed by atoms with Crippen LogP contribution in [0, 0.1) is 23.2 Å². The SMILES string of the molecule is C[C@@H](NC(=O)c1cn(-c2ccccc2)c(-c2ccccc2)cc1=O)C12CC3CC(CC(C3)C1)C2. The standard InChI is InChI=1S/C30H32N2O2/c1-20(30-16-21-12-22(17-30)14-23(13-21)18-30)31-29(34)26-19-32(25-10-6-3-7-11-25)27(15-28(26)33)24-8-4-2-5-9-24/h2-11,15,19-23H,12-14,16-18H2,1H3,(H,31,34)/t20-,21?,22?,23?,30?/m1/s1. The third kappa shape index (κ3) is 3.70. The van der Waals surface area contributed by atoms with E-state index in [1.807, 2.05) is 65.2 Å². The van der Waals surface area contributed by atoms with Crippen molar-refractivity contribution in [3.63, 3.8) is 0 Å². The minimum Gasteiger partial charge on any atom is -0.349 e. The molecule has 2 aromatic carbocycles. The zero-order chi connectivity index (χ0) is 23.3. The second-order valence-electron chi connectivity index (χ2n) is 11.0. The Morgan fingerprint density at radius 1 is 0.912 bits per heavy atom. The fraction of sp³-hybridized carbons (Fsp3) is 0.400. The van der Waals surface area contributed by atoms with Crippen LogP contribution in [0.15, 0.2) is 77.7 Å². The maximum atomic E-state index is 13.5. The summed E-state index contributed by atoms with van der Waals surface area (Å²) in [5, 5.41) is 3.28. The molecular formula is C30H32N2O2. The van der Waals surface area contributed by atoms with Crippen molar-refractivity contribution in [2.45, 2.75) is 51.5 Å². The summed E-state index contributed by atoms with van der Waals surface area (Å²) in [6.45, 7) is 2.17. The molecule has 1 heterocycles. The lowest BCUT2D eigenvalue weighted by atomic mass is 9.48. The lowest BCUT2D eigenvalue weighted by Crippen LogP contribution is -2.56. The van der Waals surface area contributed by atoms with Crippen molar-refractivity contribution in [3.05, 3.63) is 88.7 Å². The number of benzene rings is 2. The largest absolute Gasteiger partial charge is 0.349 e. The highest BCUT2D eigenvalue weighted by Crippen LogP contribution is 2.61. The van der Waals surface area contributed by atoms with Gasteiger partial charge in [0.1, 0.15) is 5.56 Å². The number of hydrogen-bond acceptors (Lipinski definition) is 2. The molecule has 0 unspecified atom stereocenters. The van der Waals surface area contributed by atoms with Gasteiger partial charge in [0.05, 0.1) is 5.69 Å². The average molecular weight is 453 g/mol. The molecule has 0 spiro atoms. The van der Waals surface area contributed by atoms with Crippen LogP contribution < -0.4 is 10.7 Å². The molecule has 174 valence electrons. The Labute approximate surface area is 201 Å². The normalized spacial score (nSPS) is 28.0. The molecule has 1 amide bonds. The topological polar surface area (TPSA) is 51.1 Å². The third-order valence-electron chi connectivity index (χ3n) is 8.75. The molecule has 0 aliphatic heterocycles. The number of amides is 1. The minimum absolute atomic E-state index is 0.0757. The van der Waals surface area contributed by atoms with E-state index >= 15 is 0 Å². The summed E-state index contributed by atoms with van der Waals surface area (Å²) in [6, 6.07) is 21.4. The summed E-state index contributed by atoms with van der Waals surface area (Å²) < 4.78 is 1.96. The number of hydrogen-bond donors (Lipinski definition) is 1. The van der Waals surface area contributed by atoms with Crippen molar-refractivity contribution in [1.82, 2.24) is 9.88 Å². The highest BCUT2D eigenvalue weighted by Gasteiger charge is 2.53. The summed E-state index contributed by atoms with van der Waals surface area (Å²) in [4.78, 5) is 26.7. The second kappa shape index (κ2) is 8.26. The van der Waals surface area contributed by atoms with Gasteiger partial charge in [-0.1, -0.05) is 48.5 Å². The van der Waals surface area contributed by atoms with E-state index in [0.717, 1.165) is 34.7 Å². The first-order valence-corrected chi connectivity index (χ1v) is 12.7. The second-order valence-corrected chi connectivity index (χ2v) is 11.0. The van der Waals surface area contributed by atoms with Crippen molar-refractivity contribution in [2.24, 2.45) is 23.2 Å². The molecule has 3 aromatic rings. The van der Waals surface area contributed by atoms with Gasteiger partial charge in [-0.25, -0.2) is 0 Å². The van der Waals surface area contributed by atoms with Crippen molar-refractivity contribution in [3.8, 4) is 16.9 Å². The maximum Gasteiger partial charge on any atom is 0.256 e. The van der Waals surface area contributed by atoms with Crippen LogP contribution in [-0.2, 0) is 0 Å². The predicted octanol–water partition coefficient (Wildman–Crippen LogP) is 5.84. The van der Waals surface area contributed by atoms with Crippen LogP contribution in [0.25, 0.3) is 16.9 Å². The van der Waals surface area contributed by atoms with Crippen LogP contribution in [-0.4, -0.2) is 16.5 Å². The molecule has 4 aliphatic rings. The van der Waals surface area contributed by atoms with Crippen LogP contribution in [0.1, 0.15) is 55.8 Å².